The van der Waals surface area contributed by atoms with E-state index in [0.717, 1.165) is 18.4 Å². The molecule has 1 aliphatic rings. The molecule has 198 valence electrons. The third-order valence-corrected chi connectivity index (χ3v) is 7.09. The van der Waals surface area contributed by atoms with Crippen molar-refractivity contribution in [2.45, 2.75) is 32.7 Å². The highest BCUT2D eigenvalue weighted by molar-refractivity contribution is 6.33. The number of rotatable bonds is 7. The first-order chi connectivity index (χ1) is 18.3. The van der Waals surface area contributed by atoms with Crippen LogP contribution in [0.25, 0.3) is 11.3 Å². The molecule has 9 heteroatoms. The Labute approximate surface area is 228 Å². The molecule has 4 rings (SSSR count). The Balaban J connectivity index is 1.96. The first-order valence-electron chi connectivity index (χ1n) is 12.6. The summed E-state index contributed by atoms with van der Waals surface area (Å²) in [4.78, 5) is 39.0. The lowest BCUT2D eigenvalue weighted by molar-refractivity contribution is -0.120. The molecule has 1 N–H and O–H groups in total. The molecule has 1 aliphatic heterocycles. The van der Waals surface area contributed by atoms with Crippen molar-refractivity contribution in [1.29, 1.82) is 0 Å². The van der Waals surface area contributed by atoms with Crippen molar-refractivity contribution < 1.29 is 14.7 Å². The number of phenols is 1. The van der Waals surface area contributed by atoms with Crippen LogP contribution in [-0.2, 0) is 9.59 Å². The van der Waals surface area contributed by atoms with Gasteiger partial charge in [0.2, 0.25) is 12.8 Å². The van der Waals surface area contributed by atoms with Gasteiger partial charge in [0.25, 0.3) is 0 Å². The van der Waals surface area contributed by atoms with Crippen molar-refractivity contribution in [3.05, 3.63) is 70.7 Å². The van der Waals surface area contributed by atoms with Crippen LogP contribution in [0.1, 0.15) is 37.8 Å². The summed E-state index contributed by atoms with van der Waals surface area (Å²) >= 11 is 6.80. The number of aromatic nitrogens is 1. The maximum atomic E-state index is 12.8. The molecule has 0 radical (unpaired) electrons. The minimum atomic E-state index is -0.0234. The molecule has 0 aliphatic carbocycles. The van der Waals surface area contributed by atoms with Gasteiger partial charge in [0, 0.05) is 38.3 Å². The average molecular weight is 534 g/mol. The quantitative estimate of drug-likeness (QED) is 0.260. The highest BCUT2D eigenvalue weighted by atomic mass is 35.5. The van der Waals surface area contributed by atoms with Gasteiger partial charge in [-0.15, -0.1) is 0 Å². The average Bonchev–Trinajstić information content (AvgIpc) is 2.92. The predicted molar refractivity (Wildman–Crippen MR) is 151 cm³/mol. The molecule has 1 unspecified atom stereocenters. The minimum Gasteiger partial charge on any atom is -0.507 e. The van der Waals surface area contributed by atoms with Crippen molar-refractivity contribution in [2.24, 2.45) is 4.99 Å². The number of amidine groups is 1. The van der Waals surface area contributed by atoms with E-state index >= 15 is 0 Å². The summed E-state index contributed by atoms with van der Waals surface area (Å²) in [5, 5.41) is 10.9. The van der Waals surface area contributed by atoms with E-state index in [2.05, 4.69) is 23.7 Å². The maximum absolute atomic E-state index is 12.8. The molecule has 2 aromatic carbocycles. The van der Waals surface area contributed by atoms with Gasteiger partial charge in [-0.05, 0) is 42.7 Å². The number of para-hydroxylation sites is 2. The topological polar surface area (TPSA) is 89.3 Å². The molecule has 1 aromatic heterocycles. The van der Waals surface area contributed by atoms with Crippen LogP contribution in [0.15, 0.2) is 59.6 Å². The first-order valence-corrected chi connectivity index (χ1v) is 12.9. The SMILES string of the molecule is C/N=C(\c1cc(Cl)c(-c2ccccc2O)nc1N(C=O)c1ccccc1C(C)C)N1CCN(C=O)CC1C. The van der Waals surface area contributed by atoms with E-state index in [-0.39, 0.29) is 17.7 Å². The molecule has 8 nitrogen and oxygen atoms in total. The van der Waals surface area contributed by atoms with Crippen LogP contribution in [0, 0.1) is 0 Å². The molecule has 0 spiro atoms. The fraction of sp³-hybridized carbons (Fsp3) is 0.310. The van der Waals surface area contributed by atoms with E-state index in [1.807, 2.05) is 31.2 Å². The smallest absolute Gasteiger partial charge is 0.219 e. The first kappa shape index (κ1) is 27.1. The number of hydrogen-bond donors (Lipinski definition) is 1. The number of piperazine rings is 1. The fourth-order valence-electron chi connectivity index (χ4n) is 4.91. The van der Waals surface area contributed by atoms with E-state index in [4.69, 9.17) is 16.6 Å². The van der Waals surface area contributed by atoms with Gasteiger partial charge in [-0.3, -0.25) is 19.5 Å². The highest BCUT2D eigenvalue weighted by Crippen LogP contribution is 2.39. The zero-order valence-corrected chi connectivity index (χ0v) is 22.8. The summed E-state index contributed by atoms with van der Waals surface area (Å²) in [5.74, 6) is 1.15. The Morgan fingerprint density at radius 1 is 1.16 bits per heavy atom. The van der Waals surface area contributed by atoms with Crippen LogP contribution in [0.4, 0.5) is 11.5 Å². The van der Waals surface area contributed by atoms with Crippen LogP contribution in [0.5, 0.6) is 5.75 Å². The third-order valence-electron chi connectivity index (χ3n) is 6.80. The molecule has 38 heavy (non-hydrogen) atoms. The number of carbonyl (C=O) groups is 2. The number of amides is 2. The number of hydrogen-bond acceptors (Lipinski definition) is 5. The summed E-state index contributed by atoms with van der Waals surface area (Å²) in [7, 11) is 1.69. The summed E-state index contributed by atoms with van der Waals surface area (Å²) in [6.07, 6.45) is 1.61. The second kappa shape index (κ2) is 11.6. The lowest BCUT2D eigenvalue weighted by Crippen LogP contribution is -2.53. The van der Waals surface area contributed by atoms with Crippen LogP contribution in [-0.4, -0.2) is 71.3 Å². The summed E-state index contributed by atoms with van der Waals surface area (Å²) in [6, 6.07) is 16.2. The monoisotopic (exact) mass is 533 g/mol. The molecule has 1 atom stereocenters. The second-order valence-electron chi connectivity index (χ2n) is 9.59. The zero-order valence-electron chi connectivity index (χ0n) is 22.0. The largest absolute Gasteiger partial charge is 0.507 e. The Hall–Kier alpha value is -3.91. The second-order valence-corrected chi connectivity index (χ2v) is 9.99. The molecule has 2 amide bonds. The lowest BCUT2D eigenvalue weighted by atomic mass is 10.00. The molecule has 3 aromatic rings. The van der Waals surface area contributed by atoms with Gasteiger partial charge in [0.15, 0.2) is 5.82 Å². The van der Waals surface area contributed by atoms with Gasteiger partial charge in [0.05, 0.1) is 22.0 Å². The van der Waals surface area contributed by atoms with Crippen molar-refractivity contribution >= 4 is 41.8 Å². The summed E-state index contributed by atoms with van der Waals surface area (Å²) in [5.41, 5.74) is 3.07. The van der Waals surface area contributed by atoms with Crippen molar-refractivity contribution in [2.75, 3.05) is 31.6 Å². The van der Waals surface area contributed by atoms with Crippen LogP contribution in [0.2, 0.25) is 5.02 Å². The normalized spacial score (nSPS) is 16.1. The number of aromatic hydroxyl groups is 1. The van der Waals surface area contributed by atoms with Crippen LogP contribution >= 0.6 is 11.6 Å². The number of phenolic OH excluding ortho intramolecular Hbond substituents is 1. The van der Waals surface area contributed by atoms with E-state index in [9.17, 15) is 14.7 Å². The van der Waals surface area contributed by atoms with Crippen molar-refractivity contribution in [3.8, 4) is 17.0 Å². The molecular formula is C29H32ClN5O3. The van der Waals surface area contributed by atoms with Gasteiger partial charge < -0.3 is 14.9 Å². The van der Waals surface area contributed by atoms with Crippen molar-refractivity contribution in [1.82, 2.24) is 14.8 Å². The number of pyridine rings is 1. The molecular weight excluding hydrogens is 502 g/mol. The van der Waals surface area contributed by atoms with Gasteiger partial charge in [-0.25, -0.2) is 4.98 Å². The molecule has 1 fully saturated rings. The Kier molecular flexibility index (Phi) is 8.32. The Morgan fingerprint density at radius 2 is 1.87 bits per heavy atom. The van der Waals surface area contributed by atoms with Gasteiger partial charge in [-0.2, -0.15) is 0 Å². The van der Waals surface area contributed by atoms with E-state index in [1.54, 1.807) is 42.3 Å². The van der Waals surface area contributed by atoms with Gasteiger partial charge in [0.1, 0.15) is 11.6 Å². The van der Waals surface area contributed by atoms with E-state index in [1.165, 1.54) is 4.90 Å². The standard InChI is InChI=1S/C29H32ClN5O3/c1-19(2)21-9-5-7-11-25(21)35(18-37)29-23(28(31-4)34-14-13-33(17-36)16-20(34)3)15-24(30)27(32-29)22-10-6-8-12-26(22)38/h5-12,15,17-20,38H,13-14,16H2,1-4H3/b31-28+. The lowest BCUT2D eigenvalue weighted by Gasteiger charge is -2.40. The summed E-state index contributed by atoms with van der Waals surface area (Å²) < 4.78 is 0. The van der Waals surface area contributed by atoms with Crippen LogP contribution < -0.4 is 4.90 Å². The van der Waals surface area contributed by atoms with E-state index in [0.29, 0.717) is 58.8 Å². The number of aliphatic imine (C=N–C) groups is 1. The van der Waals surface area contributed by atoms with Gasteiger partial charge in [-0.1, -0.05) is 55.8 Å². The van der Waals surface area contributed by atoms with E-state index < -0.39 is 0 Å². The summed E-state index contributed by atoms with van der Waals surface area (Å²) in [6.45, 7) is 7.82. The zero-order chi connectivity index (χ0) is 27.4. The Morgan fingerprint density at radius 3 is 2.50 bits per heavy atom. The molecule has 0 saturated carbocycles. The number of carbonyl (C=O) groups excluding carboxylic acids is 2. The number of halogens is 1. The molecule has 0 bridgehead atoms. The molecule has 2 heterocycles. The highest BCUT2D eigenvalue weighted by Gasteiger charge is 2.31. The van der Waals surface area contributed by atoms with Crippen LogP contribution in [0.3, 0.4) is 0 Å². The number of benzene rings is 2. The minimum absolute atomic E-state index is 0.0234. The van der Waals surface area contributed by atoms with Gasteiger partial charge >= 0.3 is 0 Å². The number of nitrogens with zero attached hydrogens (tertiary/aromatic N) is 5. The number of anilines is 2. The van der Waals surface area contributed by atoms with Crippen molar-refractivity contribution in [3.63, 3.8) is 0 Å². The fourth-order valence-corrected chi connectivity index (χ4v) is 5.16. The predicted octanol–water partition coefficient (Wildman–Crippen LogP) is 5.06. The maximum Gasteiger partial charge on any atom is 0.219 e. The Bertz CT molecular complexity index is 1360. The third kappa shape index (κ3) is 5.22. The molecule has 1 saturated heterocycles.